The Morgan fingerprint density at radius 2 is 1.48 bits per heavy atom. The molecule has 0 saturated heterocycles. The zero-order chi connectivity index (χ0) is 39.4. The van der Waals surface area contributed by atoms with Crippen LogP contribution >= 0.6 is 0 Å². The fourth-order valence-electron chi connectivity index (χ4n) is 7.34. The average molecular weight is 679 g/mol. The molecule has 0 unspecified atom stereocenters. The average Bonchev–Trinajstić information content (AvgIpc) is 3.22. The monoisotopic (exact) mass is 678 g/mol. The first-order chi connectivity index (χ1) is 21.9. The molecule has 258 valence electrons. The highest BCUT2D eigenvalue weighted by Gasteiger charge is 2.70. The third-order valence-corrected chi connectivity index (χ3v) is 16.0. The summed E-state index contributed by atoms with van der Waals surface area (Å²) in [4.78, 5) is 0. The van der Waals surface area contributed by atoms with Crippen LogP contribution in [0.3, 0.4) is 0 Å². The van der Waals surface area contributed by atoms with Crippen LogP contribution in [-0.2, 0) is 8.85 Å². The predicted octanol–water partition coefficient (Wildman–Crippen LogP) is 10.6. The van der Waals surface area contributed by atoms with Crippen LogP contribution in [0.5, 0.6) is 0 Å². The lowest BCUT2D eigenvalue weighted by Crippen LogP contribution is -2.55. The normalized spacial score (nSPS) is 30.0. The third kappa shape index (κ3) is 8.87. The summed E-state index contributed by atoms with van der Waals surface area (Å²) in [6.45, 7) is 13.5. The van der Waals surface area contributed by atoms with Crippen molar-refractivity contribution in [1.82, 2.24) is 0 Å². The second kappa shape index (κ2) is 12.8. The number of rotatable bonds is 10. The molecule has 11 heteroatoms. The minimum atomic E-state index is -6.11. The topological polar surface area (TPSA) is 38.7 Å². The third-order valence-electron chi connectivity index (χ3n) is 10.5. The van der Waals surface area contributed by atoms with E-state index in [-0.39, 0.29) is 35.8 Å². The van der Waals surface area contributed by atoms with Crippen molar-refractivity contribution < 1.29 is 48.5 Å². The van der Waals surface area contributed by atoms with Crippen LogP contribution in [0, 0.1) is 34.5 Å². The van der Waals surface area contributed by atoms with Gasteiger partial charge in [0.15, 0.2) is 16.6 Å². The second-order valence-corrected chi connectivity index (χ2v) is 25.5. The SMILES string of the molecule is [2H]C([2H])([2H])C(CCC[C@@](C)(CC#CC(O)(C(F)(F)F)C(F)(F)F)[C@H]1CC[C@H]2[C@@H](O[Si](C)(C)C(C)(C)C)CCC[C@]12C)(O[Si](C)(C)C)C([2H])([2H])[2H]. The lowest BCUT2D eigenvalue weighted by Gasteiger charge is -2.52. The van der Waals surface area contributed by atoms with Gasteiger partial charge in [-0.15, -0.1) is 0 Å². The Hall–Kier alpha value is -0.546. The molecule has 3 nitrogen and oxygen atoms in total. The van der Waals surface area contributed by atoms with Crippen molar-refractivity contribution in [2.45, 2.75) is 174 Å². The Bertz CT molecular complexity index is 1220. The van der Waals surface area contributed by atoms with Gasteiger partial charge in [-0.05, 0) is 119 Å². The molecule has 5 atom stereocenters. The zero-order valence-corrected chi connectivity index (χ0v) is 30.1. The first kappa shape index (κ1) is 30.8. The van der Waals surface area contributed by atoms with Crippen molar-refractivity contribution >= 4 is 16.6 Å². The van der Waals surface area contributed by atoms with Gasteiger partial charge in [0.25, 0.3) is 0 Å². The number of alkyl halides is 6. The minimum absolute atomic E-state index is 0.0522. The molecule has 1 N–H and O–H groups in total. The van der Waals surface area contributed by atoms with E-state index in [1.807, 2.05) is 0 Å². The summed E-state index contributed by atoms with van der Waals surface area (Å²) in [6, 6.07) is 0. The quantitative estimate of drug-likeness (QED) is 0.142. The van der Waals surface area contributed by atoms with E-state index in [4.69, 9.17) is 17.1 Å². The lowest BCUT2D eigenvalue weighted by molar-refractivity contribution is -0.343. The molecule has 0 aromatic heterocycles. The Morgan fingerprint density at radius 3 is 1.95 bits per heavy atom. The van der Waals surface area contributed by atoms with E-state index in [0.29, 0.717) is 12.8 Å². The maximum Gasteiger partial charge on any atom is 0.438 e. The van der Waals surface area contributed by atoms with Gasteiger partial charge >= 0.3 is 18.0 Å². The molecule has 2 fully saturated rings. The Balaban J connectivity index is 2.65. The minimum Gasteiger partial charge on any atom is -0.414 e. The van der Waals surface area contributed by atoms with Crippen LogP contribution in [-0.4, -0.2) is 51.4 Å². The predicted molar refractivity (Wildman–Crippen MR) is 170 cm³/mol. The van der Waals surface area contributed by atoms with Crippen LogP contribution in [0.4, 0.5) is 26.3 Å². The van der Waals surface area contributed by atoms with Crippen LogP contribution in [0.2, 0.25) is 37.8 Å². The Morgan fingerprint density at radius 1 is 0.909 bits per heavy atom. The van der Waals surface area contributed by atoms with Gasteiger partial charge in [-0.1, -0.05) is 53.4 Å². The molecule has 0 bridgehead atoms. The van der Waals surface area contributed by atoms with Gasteiger partial charge in [-0.3, -0.25) is 0 Å². The lowest BCUT2D eigenvalue weighted by atomic mass is 9.56. The summed E-state index contributed by atoms with van der Waals surface area (Å²) in [5.74, 6) is 2.97. The molecule has 0 aromatic carbocycles. The first-order valence-electron chi connectivity index (χ1n) is 18.6. The number of halogens is 6. The van der Waals surface area contributed by atoms with E-state index in [2.05, 4.69) is 46.7 Å². The van der Waals surface area contributed by atoms with E-state index in [9.17, 15) is 31.4 Å². The summed E-state index contributed by atoms with van der Waals surface area (Å²) < 4.78 is 144. The highest BCUT2D eigenvalue weighted by atomic mass is 28.4. The zero-order valence-electron chi connectivity index (χ0n) is 34.1. The van der Waals surface area contributed by atoms with Crippen molar-refractivity contribution in [1.29, 1.82) is 0 Å². The molecule has 0 aromatic rings. The largest absolute Gasteiger partial charge is 0.438 e. The van der Waals surface area contributed by atoms with Crippen molar-refractivity contribution in [2.75, 3.05) is 0 Å². The van der Waals surface area contributed by atoms with Gasteiger partial charge in [-0.2, -0.15) is 26.3 Å². The van der Waals surface area contributed by atoms with Gasteiger partial charge in [0, 0.05) is 20.7 Å². The van der Waals surface area contributed by atoms with Crippen LogP contribution in [0.1, 0.15) is 114 Å². The van der Waals surface area contributed by atoms with E-state index >= 15 is 0 Å². The summed E-state index contributed by atoms with van der Waals surface area (Å²) in [5, 5.41) is 9.73. The molecule has 2 saturated carbocycles. The van der Waals surface area contributed by atoms with E-state index in [1.54, 1.807) is 26.6 Å². The Labute approximate surface area is 273 Å². The fraction of sp³-hybridized carbons (Fsp3) is 0.939. The van der Waals surface area contributed by atoms with Crippen LogP contribution in [0.25, 0.3) is 0 Å². The van der Waals surface area contributed by atoms with Gasteiger partial charge in [0.1, 0.15) is 0 Å². The van der Waals surface area contributed by atoms with Crippen molar-refractivity contribution in [3.8, 4) is 11.8 Å². The van der Waals surface area contributed by atoms with Crippen LogP contribution < -0.4 is 0 Å². The molecule has 0 radical (unpaired) electrons. The van der Waals surface area contributed by atoms with E-state index < -0.39 is 77.6 Å². The Kier molecular flexibility index (Phi) is 8.96. The maximum atomic E-state index is 13.6. The highest BCUT2D eigenvalue weighted by Crippen LogP contribution is 2.63. The van der Waals surface area contributed by atoms with Crippen molar-refractivity contribution in [3.05, 3.63) is 0 Å². The maximum absolute atomic E-state index is 13.6. The van der Waals surface area contributed by atoms with E-state index in [1.165, 1.54) is 0 Å². The van der Waals surface area contributed by atoms with Crippen LogP contribution in [0.15, 0.2) is 0 Å². The fourth-order valence-corrected chi connectivity index (χ4v) is 9.88. The van der Waals surface area contributed by atoms with Gasteiger partial charge < -0.3 is 14.0 Å². The standard InChI is InChI=1S/C33H58F6O3Si2/c1-27(2,3)44(11,12)41-25-16-13-22-30(7)24(25)17-18-26(30)29(6,20-14-19-28(4,5)42-43(8,9)10)21-15-23-31(40,32(34,35)36)33(37,38)39/h24-26,40H,13-14,16-22H2,1-12H3/t24-,25-,26+,29-,30-/m0/s1/i4D3,5D3. The summed E-state index contributed by atoms with van der Waals surface area (Å²) >= 11 is 0. The second-order valence-electron chi connectivity index (χ2n) is 16.3. The molecular formula is C33H58F6O3Si2. The smallest absolute Gasteiger partial charge is 0.414 e. The molecule has 44 heavy (non-hydrogen) atoms. The van der Waals surface area contributed by atoms with Crippen molar-refractivity contribution in [3.63, 3.8) is 0 Å². The molecule has 0 heterocycles. The number of hydrogen-bond acceptors (Lipinski definition) is 3. The van der Waals surface area contributed by atoms with Gasteiger partial charge in [0.05, 0.1) is 5.60 Å². The van der Waals surface area contributed by atoms with E-state index in [0.717, 1.165) is 25.2 Å². The molecule has 0 spiro atoms. The molecule has 0 amide bonds. The van der Waals surface area contributed by atoms with Crippen molar-refractivity contribution in [2.24, 2.45) is 22.7 Å². The molecular weight excluding hydrogens is 615 g/mol. The summed E-state index contributed by atoms with van der Waals surface area (Å²) in [7, 11) is -4.99. The first-order valence-corrected chi connectivity index (χ1v) is 22.0. The number of hydrogen-bond donors (Lipinski definition) is 1. The molecule has 2 aliphatic rings. The summed E-state index contributed by atoms with van der Waals surface area (Å²) in [6.07, 6.45) is -9.53. The summed E-state index contributed by atoms with van der Waals surface area (Å²) in [5.41, 5.74) is -9.29. The number of aliphatic hydroxyl groups is 1. The molecule has 0 aliphatic heterocycles. The molecule has 2 rings (SSSR count). The number of fused-ring (bicyclic) bond motifs is 1. The van der Waals surface area contributed by atoms with Gasteiger partial charge in [-0.25, -0.2) is 0 Å². The highest BCUT2D eigenvalue weighted by molar-refractivity contribution is 6.74. The molecule has 2 aliphatic carbocycles. The van der Waals surface area contributed by atoms with Gasteiger partial charge in [0.2, 0.25) is 0 Å².